The summed E-state index contributed by atoms with van der Waals surface area (Å²) in [5.41, 5.74) is 5.92. The number of fused-ring (bicyclic) bond motifs is 1. The molecule has 1 atom stereocenters. The molecule has 0 amide bonds. The number of Topliss-reactive ketones (excluding diaryl/α,β-unsaturated/α-hetero) is 2. The Hall–Kier alpha value is -2.76. The normalized spacial score (nSPS) is 13.8. The lowest BCUT2D eigenvalue weighted by Gasteiger charge is -2.35. The van der Waals surface area contributed by atoms with Gasteiger partial charge in [0.05, 0.1) is 0 Å². The molecule has 0 aliphatic rings. The molecular formula is C26H33N3O2. The van der Waals surface area contributed by atoms with Crippen LogP contribution >= 0.6 is 0 Å². The Bertz CT molecular complexity index is 1070. The van der Waals surface area contributed by atoms with Crippen molar-refractivity contribution >= 4 is 22.5 Å². The zero-order chi connectivity index (χ0) is 22.8. The van der Waals surface area contributed by atoms with Crippen LogP contribution in [0.2, 0.25) is 0 Å². The van der Waals surface area contributed by atoms with Gasteiger partial charge in [-0.05, 0) is 18.6 Å². The summed E-state index contributed by atoms with van der Waals surface area (Å²) in [4.78, 5) is 29.8. The maximum Gasteiger partial charge on any atom is 0.166 e. The molecule has 0 fully saturated rings. The zero-order valence-electron chi connectivity index (χ0n) is 19.3. The number of aromatic amines is 1. The Morgan fingerprint density at radius 3 is 2.29 bits per heavy atom. The lowest BCUT2D eigenvalue weighted by Crippen LogP contribution is -2.54. The zero-order valence-corrected chi connectivity index (χ0v) is 19.3. The van der Waals surface area contributed by atoms with Gasteiger partial charge in [-0.2, -0.15) is 0 Å². The van der Waals surface area contributed by atoms with Crippen LogP contribution in [0.3, 0.4) is 0 Å². The van der Waals surface area contributed by atoms with Crippen LogP contribution in [0.1, 0.15) is 56.1 Å². The van der Waals surface area contributed by atoms with E-state index in [0.717, 1.165) is 22.0 Å². The monoisotopic (exact) mass is 419 g/mol. The highest BCUT2D eigenvalue weighted by molar-refractivity contribution is 6.11. The molecule has 2 N–H and O–H groups in total. The fourth-order valence-electron chi connectivity index (χ4n) is 4.20. The quantitative estimate of drug-likeness (QED) is 0.375. The van der Waals surface area contributed by atoms with Crippen molar-refractivity contribution in [3.8, 4) is 0 Å². The van der Waals surface area contributed by atoms with Gasteiger partial charge in [0.25, 0.3) is 0 Å². The van der Waals surface area contributed by atoms with Crippen molar-refractivity contribution in [1.29, 1.82) is 0 Å². The Labute approximate surface area is 184 Å². The van der Waals surface area contributed by atoms with Crippen LogP contribution in [-0.2, 0) is 16.9 Å². The van der Waals surface area contributed by atoms with Crippen molar-refractivity contribution in [3.63, 3.8) is 0 Å². The van der Waals surface area contributed by atoms with E-state index in [1.807, 2.05) is 89.3 Å². The van der Waals surface area contributed by atoms with E-state index in [-0.39, 0.29) is 23.4 Å². The van der Waals surface area contributed by atoms with E-state index >= 15 is 0 Å². The van der Waals surface area contributed by atoms with Crippen LogP contribution < -0.4 is 5.43 Å². The Kier molecular flexibility index (Phi) is 6.77. The smallest absolute Gasteiger partial charge is 0.166 e. The molecule has 164 valence electrons. The van der Waals surface area contributed by atoms with Gasteiger partial charge < -0.3 is 4.98 Å². The molecular weight excluding hydrogens is 386 g/mol. The maximum atomic E-state index is 13.5. The number of hydrogen-bond acceptors (Lipinski definition) is 4. The van der Waals surface area contributed by atoms with E-state index in [1.54, 1.807) is 0 Å². The molecule has 1 unspecified atom stereocenters. The van der Waals surface area contributed by atoms with Gasteiger partial charge in [-0.25, -0.2) is 10.4 Å². The summed E-state index contributed by atoms with van der Waals surface area (Å²) in [5, 5.41) is 2.76. The first-order valence-corrected chi connectivity index (χ1v) is 10.9. The Morgan fingerprint density at radius 1 is 1.00 bits per heavy atom. The van der Waals surface area contributed by atoms with Gasteiger partial charge in [-0.15, -0.1) is 0 Å². The molecule has 0 aliphatic heterocycles. The highest BCUT2D eigenvalue weighted by Crippen LogP contribution is 2.35. The second kappa shape index (κ2) is 9.16. The van der Waals surface area contributed by atoms with Crippen LogP contribution in [-0.4, -0.2) is 28.6 Å². The minimum absolute atomic E-state index is 0.0695. The van der Waals surface area contributed by atoms with Gasteiger partial charge in [-0.3, -0.25) is 9.59 Å². The molecule has 0 radical (unpaired) electrons. The summed E-state index contributed by atoms with van der Waals surface area (Å²) >= 11 is 0. The van der Waals surface area contributed by atoms with Crippen LogP contribution in [0.4, 0.5) is 0 Å². The minimum Gasteiger partial charge on any atom is -0.361 e. The lowest BCUT2D eigenvalue weighted by molar-refractivity contribution is -0.130. The van der Waals surface area contributed by atoms with Crippen molar-refractivity contribution in [2.75, 3.05) is 7.05 Å². The van der Waals surface area contributed by atoms with Gasteiger partial charge in [0.1, 0.15) is 5.54 Å². The number of aromatic nitrogens is 1. The van der Waals surface area contributed by atoms with Crippen molar-refractivity contribution in [3.05, 3.63) is 71.4 Å². The number of hydrogen-bond donors (Lipinski definition) is 2. The fourth-order valence-corrected chi connectivity index (χ4v) is 4.20. The van der Waals surface area contributed by atoms with E-state index in [9.17, 15) is 9.59 Å². The molecule has 2 aromatic carbocycles. The predicted molar refractivity (Wildman–Crippen MR) is 126 cm³/mol. The number of benzene rings is 2. The molecule has 31 heavy (non-hydrogen) atoms. The van der Waals surface area contributed by atoms with Crippen LogP contribution in [0.25, 0.3) is 10.9 Å². The van der Waals surface area contributed by atoms with Crippen molar-refractivity contribution in [1.82, 2.24) is 15.4 Å². The first-order chi connectivity index (χ1) is 14.6. The molecule has 0 saturated heterocycles. The molecule has 0 spiro atoms. The molecule has 3 aromatic rings. The van der Waals surface area contributed by atoms with E-state index in [4.69, 9.17) is 0 Å². The molecule has 0 bridgehead atoms. The van der Waals surface area contributed by atoms with E-state index in [0.29, 0.717) is 12.1 Å². The summed E-state index contributed by atoms with van der Waals surface area (Å²) in [7, 11) is 1.94. The van der Waals surface area contributed by atoms with Gasteiger partial charge >= 0.3 is 0 Å². The van der Waals surface area contributed by atoms with Crippen molar-refractivity contribution in [2.24, 2.45) is 11.8 Å². The van der Waals surface area contributed by atoms with E-state index in [2.05, 4.69) is 22.5 Å². The second-order valence-electron chi connectivity index (χ2n) is 9.05. The summed E-state index contributed by atoms with van der Waals surface area (Å²) in [6, 6.07) is 15.8. The molecule has 0 saturated carbocycles. The van der Waals surface area contributed by atoms with Gasteiger partial charge in [0.15, 0.2) is 11.6 Å². The third-order valence-electron chi connectivity index (χ3n) is 5.73. The average Bonchev–Trinajstić information content (AvgIpc) is 3.18. The minimum atomic E-state index is -0.997. The molecule has 5 nitrogen and oxygen atoms in total. The topological polar surface area (TPSA) is 65.2 Å². The third kappa shape index (κ3) is 4.63. The van der Waals surface area contributed by atoms with Gasteiger partial charge in [0, 0.05) is 53.7 Å². The van der Waals surface area contributed by atoms with Crippen LogP contribution in [0, 0.1) is 11.8 Å². The van der Waals surface area contributed by atoms with E-state index < -0.39 is 5.54 Å². The van der Waals surface area contributed by atoms with Crippen LogP contribution in [0.5, 0.6) is 0 Å². The number of carbonyl (C=O) groups excluding carboxylic acids is 2. The summed E-state index contributed by atoms with van der Waals surface area (Å²) < 4.78 is 0. The predicted octanol–water partition coefficient (Wildman–Crippen LogP) is 5.08. The summed E-state index contributed by atoms with van der Waals surface area (Å²) in [6.07, 6.45) is 1.87. The molecule has 1 heterocycles. The number of carbonyl (C=O) groups is 2. The van der Waals surface area contributed by atoms with Crippen molar-refractivity contribution < 1.29 is 9.59 Å². The number of nitrogens with zero attached hydrogens (tertiary/aromatic N) is 1. The fraction of sp³-hybridized carbons (Fsp3) is 0.385. The number of H-pyrrole nitrogens is 1. The highest BCUT2D eigenvalue weighted by atomic mass is 16.1. The number of rotatable bonds is 9. The summed E-state index contributed by atoms with van der Waals surface area (Å²) in [6.45, 7) is 10.2. The lowest BCUT2D eigenvalue weighted by atomic mass is 9.81. The standard InChI is InChI=1S/C26H33N3O2/c1-17(2)24(30)20-13-10-14-22-23(20)21(15-27-22)26(5,25(31)18(3)4)28-29(6)16-19-11-8-7-9-12-19/h7-15,17-18,27-28H,16H2,1-6H3. The Balaban J connectivity index is 2.09. The Morgan fingerprint density at radius 2 is 1.68 bits per heavy atom. The van der Waals surface area contributed by atoms with Crippen LogP contribution in [0.15, 0.2) is 54.7 Å². The maximum absolute atomic E-state index is 13.5. The molecule has 1 aromatic heterocycles. The molecule has 5 heteroatoms. The van der Waals surface area contributed by atoms with Crippen molar-refractivity contribution in [2.45, 2.75) is 46.7 Å². The SMILES string of the molecule is CC(C)C(=O)c1cccc2[nH]cc(C(C)(NN(C)Cc3ccccc3)C(=O)C(C)C)c12. The molecule has 3 rings (SSSR count). The van der Waals surface area contributed by atoms with Gasteiger partial charge in [-0.1, -0.05) is 70.2 Å². The third-order valence-corrected chi connectivity index (χ3v) is 5.73. The number of hydrazine groups is 1. The largest absolute Gasteiger partial charge is 0.361 e. The number of ketones is 2. The number of nitrogens with one attached hydrogen (secondary N) is 2. The average molecular weight is 420 g/mol. The van der Waals surface area contributed by atoms with E-state index in [1.165, 1.54) is 0 Å². The highest BCUT2D eigenvalue weighted by Gasteiger charge is 2.40. The second-order valence-corrected chi connectivity index (χ2v) is 9.05. The first-order valence-electron chi connectivity index (χ1n) is 10.9. The van der Waals surface area contributed by atoms with Gasteiger partial charge in [0.2, 0.25) is 0 Å². The summed E-state index contributed by atoms with van der Waals surface area (Å²) in [5.74, 6) is -0.168. The molecule has 0 aliphatic carbocycles. The first kappa shape index (κ1) is 22.9.